The fraction of sp³-hybridized carbons (Fsp3) is 0.667. The van der Waals surface area contributed by atoms with Crippen molar-refractivity contribution in [1.82, 2.24) is 15.5 Å². The summed E-state index contributed by atoms with van der Waals surface area (Å²) >= 11 is 0. The predicted molar refractivity (Wildman–Crippen MR) is 79.6 cm³/mol. The third-order valence-electron chi connectivity index (χ3n) is 3.97. The Balaban J connectivity index is 2.12. The third-order valence-corrected chi connectivity index (χ3v) is 3.97. The van der Waals surface area contributed by atoms with Gasteiger partial charge >= 0.3 is 0 Å². The van der Waals surface area contributed by atoms with Crippen molar-refractivity contribution in [3.63, 3.8) is 0 Å². The van der Waals surface area contributed by atoms with Crippen LogP contribution in [-0.2, 0) is 12.8 Å². The summed E-state index contributed by atoms with van der Waals surface area (Å²) in [5.41, 5.74) is 2.66. The van der Waals surface area contributed by atoms with E-state index in [0.29, 0.717) is 17.3 Å². The highest BCUT2D eigenvalue weighted by Crippen LogP contribution is 2.21. The summed E-state index contributed by atoms with van der Waals surface area (Å²) in [6, 6.07) is 2.30. The van der Waals surface area contributed by atoms with E-state index in [4.69, 9.17) is 0 Å². The second-order valence-corrected chi connectivity index (χ2v) is 5.24. The number of nitriles is 1. The molecule has 0 bridgehead atoms. The lowest BCUT2D eigenvalue weighted by Crippen LogP contribution is -2.31. The fourth-order valence-electron chi connectivity index (χ4n) is 2.74. The number of nitrogens with one attached hydrogen (secondary N) is 2. The SMILES string of the molecule is CCc1nnc(NCC2CCNCC2)c(C#N)c1CC. The van der Waals surface area contributed by atoms with Crippen molar-refractivity contribution in [2.75, 3.05) is 25.0 Å². The van der Waals surface area contributed by atoms with Crippen LogP contribution < -0.4 is 10.6 Å². The number of rotatable bonds is 5. The van der Waals surface area contributed by atoms with Crippen molar-refractivity contribution < 1.29 is 0 Å². The molecule has 1 saturated heterocycles. The van der Waals surface area contributed by atoms with Crippen LogP contribution in [0, 0.1) is 17.2 Å². The Labute approximate surface area is 120 Å². The van der Waals surface area contributed by atoms with Crippen LogP contribution in [0.1, 0.15) is 43.5 Å². The molecule has 2 heterocycles. The van der Waals surface area contributed by atoms with Crippen LogP contribution in [0.25, 0.3) is 0 Å². The van der Waals surface area contributed by atoms with Gasteiger partial charge in [0, 0.05) is 6.54 Å². The number of hydrogen-bond acceptors (Lipinski definition) is 5. The van der Waals surface area contributed by atoms with Crippen LogP contribution in [-0.4, -0.2) is 29.8 Å². The Morgan fingerprint density at radius 1 is 1.25 bits per heavy atom. The molecule has 0 radical (unpaired) electrons. The Hall–Kier alpha value is -1.67. The molecule has 108 valence electrons. The lowest BCUT2D eigenvalue weighted by Gasteiger charge is -2.23. The summed E-state index contributed by atoms with van der Waals surface area (Å²) in [5.74, 6) is 1.31. The molecule has 1 aliphatic rings. The number of hydrogen-bond donors (Lipinski definition) is 2. The van der Waals surface area contributed by atoms with Gasteiger partial charge < -0.3 is 10.6 Å². The molecule has 1 aromatic heterocycles. The van der Waals surface area contributed by atoms with E-state index in [9.17, 15) is 5.26 Å². The zero-order valence-electron chi connectivity index (χ0n) is 12.4. The van der Waals surface area contributed by atoms with Crippen molar-refractivity contribution in [3.8, 4) is 6.07 Å². The van der Waals surface area contributed by atoms with Crippen molar-refractivity contribution in [2.24, 2.45) is 5.92 Å². The largest absolute Gasteiger partial charge is 0.367 e. The molecular formula is C15H23N5. The first-order chi connectivity index (χ1) is 9.80. The zero-order chi connectivity index (χ0) is 14.4. The van der Waals surface area contributed by atoms with E-state index in [1.165, 1.54) is 12.8 Å². The molecular weight excluding hydrogens is 250 g/mol. The minimum Gasteiger partial charge on any atom is -0.367 e. The Kier molecular flexibility index (Phi) is 5.31. The highest BCUT2D eigenvalue weighted by molar-refractivity contribution is 5.56. The van der Waals surface area contributed by atoms with Gasteiger partial charge in [-0.15, -0.1) is 5.10 Å². The summed E-state index contributed by atoms with van der Waals surface area (Å²) < 4.78 is 0. The van der Waals surface area contributed by atoms with Gasteiger partial charge in [-0.3, -0.25) is 0 Å². The standard InChI is InChI=1S/C15H23N5/c1-3-12-13(9-16)15(20-19-14(12)4-2)18-10-11-5-7-17-8-6-11/h11,17H,3-8,10H2,1-2H3,(H,18,20). The number of anilines is 1. The van der Waals surface area contributed by atoms with Crippen LogP contribution >= 0.6 is 0 Å². The van der Waals surface area contributed by atoms with Crippen molar-refractivity contribution in [3.05, 3.63) is 16.8 Å². The molecule has 2 N–H and O–H groups in total. The monoisotopic (exact) mass is 273 g/mol. The summed E-state index contributed by atoms with van der Waals surface area (Å²) in [6.45, 7) is 7.15. The average Bonchev–Trinajstić information content (AvgIpc) is 2.52. The highest BCUT2D eigenvalue weighted by atomic mass is 15.2. The van der Waals surface area contributed by atoms with E-state index in [1.807, 2.05) is 6.92 Å². The van der Waals surface area contributed by atoms with Gasteiger partial charge in [0.15, 0.2) is 5.82 Å². The molecule has 5 heteroatoms. The van der Waals surface area contributed by atoms with Gasteiger partial charge in [0.1, 0.15) is 11.6 Å². The lowest BCUT2D eigenvalue weighted by atomic mass is 9.98. The quantitative estimate of drug-likeness (QED) is 0.857. The normalized spacial score (nSPS) is 15.8. The van der Waals surface area contributed by atoms with Crippen LogP contribution in [0.4, 0.5) is 5.82 Å². The molecule has 0 aromatic carbocycles. The van der Waals surface area contributed by atoms with E-state index < -0.39 is 0 Å². The smallest absolute Gasteiger partial charge is 0.166 e. The van der Waals surface area contributed by atoms with E-state index in [2.05, 4.69) is 33.8 Å². The maximum Gasteiger partial charge on any atom is 0.166 e. The van der Waals surface area contributed by atoms with Crippen LogP contribution in [0.5, 0.6) is 0 Å². The Morgan fingerprint density at radius 3 is 2.60 bits per heavy atom. The van der Waals surface area contributed by atoms with Gasteiger partial charge in [-0.25, -0.2) is 0 Å². The van der Waals surface area contributed by atoms with E-state index in [0.717, 1.165) is 43.7 Å². The summed E-state index contributed by atoms with van der Waals surface area (Å²) in [5, 5.41) is 24.6. The lowest BCUT2D eigenvalue weighted by molar-refractivity contribution is 0.389. The average molecular weight is 273 g/mol. The summed E-state index contributed by atoms with van der Waals surface area (Å²) in [7, 11) is 0. The van der Waals surface area contributed by atoms with E-state index in [1.54, 1.807) is 0 Å². The molecule has 0 amide bonds. The number of piperidine rings is 1. The van der Waals surface area contributed by atoms with Gasteiger partial charge in [0.05, 0.1) is 5.69 Å². The highest BCUT2D eigenvalue weighted by Gasteiger charge is 2.17. The predicted octanol–water partition coefficient (Wildman–Crippen LogP) is 1.88. The second-order valence-electron chi connectivity index (χ2n) is 5.24. The van der Waals surface area contributed by atoms with Crippen LogP contribution in [0.2, 0.25) is 0 Å². The molecule has 1 fully saturated rings. The maximum absolute atomic E-state index is 9.42. The molecule has 1 aromatic rings. The van der Waals surface area contributed by atoms with Crippen molar-refractivity contribution >= 4 is 5.82 Å². The molecule has 20 heavy (non-hydrogen) atoms. The first-order valence-corrected chi connectivity index (χ1v) is 7.53. The minimum atomic E-state index is 0.653. The van der Waals surface area contributed by atoms with Gasteiger partial charge in [-0.1, -0.05) is 13.8 Å². The van der Waals surface area contributed by atoms with Crippen LogP contribution in [0.3, 0.4) is 0 Å². The van der Waals surface area contributed by atoms with Gasteiger partial charge in [-0.05, 0) is 50.3 Å². The fourth-order valence-corrected chi connectivity index (χ4v) is 2.74. The van der Waals surface area contributed by atoms with Gasteiger partial charge in [-0.2, -0.15) is 10.4 Å². The maximum atomic E-state index is 9.42. The molecule has 0 atom stereocenters. The molecule has 0 unspecified atom stereocenters. The number of aryl methyl sites for hydroxylation is 1. The molecule has 1 aliphatic heterocycles. The minimum absolute atomic E-state index is 0.653. The molecule has 2 rings (SSSR count). The number of nitrogens with zero attached hydrogens (tertiary/aromatic N) is 3. The van der Waals surface area contributed by atoms with Crippen molar-refractivity contribution in [1.29, 1.82) is 5.26 Å². The molecule has 0 aliphatic carbocycles. The van der Waals surface area contributed by atoms with Crippen LogP contribution in [0.15, 0.2) is 0 Å². The Morgan fingerprint density at radius 2 is 2.00 bits per heavy atom. The summed E-state index contributed by atoms with van der Waals surface area (Å²) in [4.78, 5) is 0. The molecule has 5 nitrogen and oxygen atoms in total. The second kappa shape index (κ2) is 7.20. The number of aromatic nitrogens is 2. The van der Waals surface area contributed by atoms with E-state index in [-0.39, 0.29) is 0 Å². The summed E-state index contributed by atoms with van der Waals surface area (Å²) in [6.07, 6.45) is 4.00. The van der Waals surface area contributed by atoms with Gasteiger partial charge in [0.25, 0.3) is 0 Å². The van der Waals surface area contributed by atoms with Gasteiger partial charge in [0.2, 0.25) is 0 Å². The molecule has 0 spiro atoms. The topological polar surface area (TPSA) is 73.6 Å². The zero-order valence-corrected chi connectivity index (χ0v) is 12.4. The van der Waals surface area contributed by atoms with Crippen molar-refractivity contribution in [2.45, 2.75) is 39.5 Å². The molecule has 0 saturated carbocycles. The third kappa shape index (κ3) is 3.26. The first kappa shape index (κ1) is 14.7. The van der Waals surface area contributed by atoms with E-state index >= 15 is 0 Å². The Bertz CT molecular complexity index is 486. The first-order valence-electron chi connectivity index (χ1n) is 7.53.